The minimum absolute atomic E-state index is 0.0716. The van der Waals surface area contributed by atoms with Crippen LogP contribution in [0.15, 0.2) is 53.4 Å². The number of aromatic nitrogens is 1. The Morgan fingerprint density at radius 2 is 1.87 bits per heavy atom. The van der Waals surface area contributed by atoms with E-state index in [4.69, 9.17) is 0 Å². The summed E-state index contributed by atoms with van der Waals surface area (Å²) < 4.78 is 12.5. The van der Waals surface area contributed by atoms with E-state index in [1.54, 1.807) is 53.8 Å². The van der Waals surface area contributed by atoms with Crippen LogP contribution in [0.4, 0.5) is 0 Å². The number of nitrogens with zero attached hydrogens (tertiary/aromatic N) is 2. The number of thiazole rings is 1. The van der Waals surface area contributed by atoms with Crippen LogP contribution < -0.4 is 0 Å². The lowest BCUT2D eigenvalue weighted by Crippen LogP contribution is -2.26. The number of carbonyl (C=O) groups is 1. The molecular weight excluding hydrogens is 328 g/mol. The molecule has 2 aromatic carbocycles. The third-order valence-electron chi connectivity index (χ3n) is 3.49. The molecule has 3 aromatic rings. The van der Waals surface area contributed by atoms with E-state index in [1.165, 1.54) is 0 Å². The lowest BCUT2D eigenvalue weighted by molar-refractivity contribution is 0.0785. The smallest absolute Gasteiger partial charge is 0.253 e. The lowest BCUT2D eigenvalue weighted by atomic mass is 10.2. The largest absolute Gasteiger partial charge is 0.335 e. The first kappa shape index (κ1) is 15.8. The van der Waals surface area contributed by atoms with Gasteiger partial charge in [0.15, 0.2) is 0 Å². The van der Waals surface area contributed by atoms with Gasteiger partial charge in [-0.1, -0.05) is 12.1 Å². The quantitative estimate of drug-likeness (QED) is 0.730. The van der Waals surface area contributed by atoms with Gasteiger partial charge in [-0.2, -0.15) is 0 Å². The van der Waals surface area contributed by atoms with Gasteiger partial charge in [-0.15, -0.1) is 11.3 Å². The lowest BCUT2D eigenvalue weighted by Gasteiger charge is -2.15. The molecule has 0 bridgehead atoms. The molecule has 23 heavy (non-hydrogen) atoms. The van der Waals surface area contributed by atoms with Gasteiger partial charge in [0.05, 0.1) is 16.8 Å². The second kappa shape index (κ2) is 6.60. The van der Waals surface area contributed by atoms with Gasteiger partial charge in [-0.3, -0.25) is 9.00 Å². The van der Waals surface area contributed by atoms with Crippen LogP contribution in [0.5, 0.6) is 0 Å². The Morgan fingerprint density at radius 3 is 2.52 bits per heavy atom. The van der Waals surface area contributed by atoms with Crippen molar-refractivity contribution in [3.8, 4) is 0 Å². The molecule has 0 aliphatic rings. The molecule has 0 aliphatic heterocycles. The number of amides is 1. The van der Waals surface area contributed by atoms with E-state index < -0.39 is 10.8 Å². The van der Waals surface area contributed by atoms with Crippen LogP contribution in [0.1, 0.15) is 15.4 Å². The van der Waals surface area contributed by atoms with Gasteiger partial charge in [0.1, 0.15) is 5.01 Å². The molecule has 118 valence electrons. The molecule has 0 unspecified atom stereocenters. The van der Waals surface area contributed by atoms with E-state index in [2.05, 4.69) is 4.98 Å². The van der Waals surface area contributed by atoms with Crippen molar-refractivity contribution in [1.29, 1.82) is 0 Å². The fourth-order valence-electron chi connectivity index (χ4n) is 2.27. The predicted molar refractivity (Wildman–Crippen MR) is 94.2 cm³/mol. The van der Waals surface area contributed by atoms with Crippen LogP contribution in [0, 0.1) is 0 Å². The van der Waals surface area contributed by atoms with E-state index in [0.29, 0.717) is 12.1 Å². The zero-order valence-corrected chi connectivity index (χ0v) is 14.5. The fraction of sp³-hybridized carbons (Fsp3) is 0.176. The number of carbonyl (C=O) groups excluding carboxylic acids is 1. The molecule has 1 atom stereocenters. The highest BCUT2D eigenvalue weighted by Gasteiger charge is 2.14. The summed E-state index contributed by atoms with van der Waals surface area (Å²) >= 11 is 1.60. The first-order valence-electron chi connectivity index (χ1n) is 7.08. The van der Waals surface area contributed by atoms with Crippen LogP contribution in [0.25, 0.3) is 10.2 Å². The fourth-order valence-corrected chi connectivity index (χ4v) is 3.81. The van der Waals surface area contributed by atoms with Crippen molar-refractivity contribution in [3.63, 3.8) is 0 Å². The average Bonchev–Trinajstić information content (AvgIpc) is 2.96. The summed E-state index contributed by atoms with van der Waals surface area (Å²) in [6.07, 6.45) is 1.62. The minimum Gasteiger partial charge on any atom is -0.335 e. The van der Waals surface area contributed by atoms with Crippen LogP contribution in [0.3, 0.4) is 0 Å². The number of para-hydroxylation sites is 1. The van der Waals surface area contributed by atoms with Gasteiger partial charge in [0, 0.05) is 34.6 Å². The topological polar surface area (TPSA) is 50.3 Å². The Labute approximate surface area is 141 Å². The molecule has 0 spiro atoms. The van der Waals surface area contributed by atoms with Gasteiger partial charge < -0.3 is 4.90 Å². The maximum Gasteiger partial charge on any atom is 0.253 e. The van der Waals surface area contributed by atoms with Gasteiger partial charge >= 0.3 is 0 Å². The Bertz CT molecular complexity index is 839. The monoisotopic (exact) mass is 344 g/mol. The molecule has 1 amide bonds. The Kier molecular flexibility index (Phi) is 4.54. The van der Waals surface area contributed by atoms with Crippen LogP contribution in [0.2, 0.25) is 0 Å². The van der Waals surface area contributed by atoms with E-state index in [-0.39, 0.29) is 5.91 Å². The van der Waals surface area contributed by atoms with Gasteiger partial charge in [0.25, 0.3) is 5.91 Å². The highest BCUT2D eigenvalue weighted by Crippen LogP contribution is 2.22. The summed E-state index contributed by atoms with van der Waals surface area (Å²) in [5.41, 5.74) is 1.55. The summed E-state index contributed by atoms with van der Waals surface area (Å²) in [5, 5.41) is 0.910. The molecule has 0 fully saturated rings. The number of benzene rings is 2. The SMILES string of the molecule is CN(Cc1nc2ccccc2s1)C(=O)c1ccc([S@@](C)=O)cc1. The molecule has 0 saturated heterocycles. The molecule has 0 radical (unpaired) electrons. The number of fused-ring (bicyclic) bond motifs is 1. The minimum atomic E-state index is -1.03. The highest BCUT2D eigenvalue weighted by molar-refractivity contribution is 7.84. The maximum atomic E-state index is 12.5. The van der Waals surface area contributed by atoms with Gasteiger partial charge in [0.2, 0.25) is 0 Å². The Hall–Kier alpha value is -2.05. The molecule has 0 N–H and O–H groups in total. The summed E-state index contributed by atoms with van der Waals surface area (Å²) in [4.78, 5) is 19.4. The number of hydrogen-bond acceptors (Lipinski definition) is 4. The predicted octanol–water partition coefficient (Wildman–Crippen LogP) is 3.31. The highest BCUT2D eigenvalue weighted by atomic mass is 32.2. The summed E-state index contributed by atoms with van der Waals surface area (Å²) in [6, 6.07) is 14.8. The molecule has 3 rings (SSSR count). The normalized spacial score (nSPS) is 12.3. The van der Waals surface area contributed by atoms with Crippen molar-refractivity contribution in [1.82, 2.24) is 9.88 Å². The Morgan fingerprint density at radius 1 is 1.17 bits per heavy atom. The first-order valence-corrected chi connectivity index (χ1v) is 9.45. The average molecular weight is 344 g/mol. The van der Waals surface area contributed by atoms with Gasteiger partial charge in [-0.25, -0.2) is 4.98 Å². The summed E-state index contributed by atoms with van der Waals surface area (Å²) in [5.74, 6) is -0.0716. The van der Waals surface area contributed by atoms with Crippen molar-refractivity contribution in [2.45, 2.75) is 11.4 Å². The van der Waals surface area contributed by atoms with E-state index in [9.17, 15) is 9.00 Å². The van der Waals surface area contributed by atoms with Crippen LogP contribution >= 0.6 is 11.3 Å². The van der Waals surface area contributed by atoms with E-state index in [1.807, 2.05) is 24.3 Å². The number of hydrogen-bond donors (Lipinski definition) is 0. The first-order chi connectivity index (χ1) is 11.0. The van der Waals surface area contributed by atoms with Gasteiger partial charge in [-0.05, 0) is 36.4 Å². The third kappa shape index (κ3) is 3.48. The van der Waals surface area contributed by atoms with Crippen molar-refractivity contribution in [3.05, 3.63) is 59.1 Å². The molecule has 6 heteroatoms. The number of rotatable bonds is 4. The molecule has 1 heterocycles. The second-order valence-corrected chi connectivity index (χ2v) is 7.71. The third-order valence-corrected chi connectivity index (χ3v) is 5.45. The summed E-state index contributed by atoms with van der Waals surface area (Å²) in [6.45, 7) is 0.472. The molecular formula is C17H16N2O2S2. The second-order valence-electron chi connectivity index (χ2n) is 5.22. The zero-order chi connectivity index (χ0) is 16.4. The van der Waals surface area contributed by atoms with Crippen molar-refractivity contribution >= 4 is 38.3 Å². The van der Waals surface area contributed by atoms with Crippen molar-refractivity contribution in [2.75, 3.05) is 13.3 Å². The Balaban J connectivity index is 1.75. The maximum absolute atomic E-state index is 12.5. The van der Waals surface area contributed by atoms with E-state index in [0.717, 1.165) is 20.1 Å². The van der Waals surface area contributed by atoms with E-state index >= 15 is 0 Å². The van der Waals surface area contributed by atoms with Crippen LogP contribution in [-0.4, -0.2) is 33.3 Å². The molecule has 1 aromatic heterocycles. The summed E-state index contributed by atoms with van der Waals surface area (Å²) in [7, 11) is 0.729. The van der Waals surface area contributed by atoms with Crippen LogP contribution in [-0.2, 0) is 17.3 Å². The molecule has 0 saturated carbocycles. The van der Waals surface area contributed by atoms with Crippen molar-refractivity contribution in [2.24, 2.45) is 0 Å². The molecule has 4 nitrogen and oxygen atoms in total. The van der Waals surface area contributed by atoms with Crippen molar-refractivity contribution < 1.29 is 9.00 Å². The molecule has 0 aliphatic carbocycles. The zero-order valence-electron chi connectivity index (χ0n) is 12.9. The standard InChI is InChI=1S/C17H16N2O2S2/c1-19(11-16-18-14-5-3-4-6-15(14)22-16)17(20)12-7-9-13(10-8-12)23(2)21/h3-10H,11H2,1-2H3/t23-/m1/s1.